The molecular weight excluding hydrogens is 344 g/mol. The number of nitrogens with one attached hydrogen (secondary N) is 1. The fourth-order valence-electron chi connectivity index (χ4n) is 4.13. The molecule has 2 saturated heterocycles. The van der Waals surface area contributed by atoms with Crippen molar-refractivity contribution in [3.8, 4) is 0 Å². The number of amides is 2. The highest BCUT2D eigenvalue weighted by atomic mass is 16.3. The van der Waals surface area contributed by atoms with Crippen molar-refractivity contribution in [1.29, 1.82) is 0 Å². The summed E-state index contributed by atoms with van der Waals surface area (Å²) in [5.74, 6) is -0.0375. The lowest BCUT2D eigenvalue weighted by Crippen LogP contribution is -2.50. The molecular formula is C20H30N4O3. The number of carbonyl (C=O) groups excluding carboxylic acids is 2. The summed E-state index contributed by atoms with van der Waals surface area (Å²) in [7, 11) is 0. The lowest BCUT2D eigenvalue weighted by atomic mass is 9.93. The van der Waals surface area contributed by atoms with Gasteiger partial charge in [-0.05, 0) is 44.2 Å². The molecule has 0 bridgehead atoms. The van der Waals surface area contributed by atoms with E-state index in [1.807, 2.05) is 11.0 Å². The highest BCUT2D eigenvalue weighted by molar-refractivity contribution is 5.92. The van der Waals surface area contributed by atoms with Crippen molar-refractivity contribution in [3.05, 3.63) is 30.1 Å². The molecule has 1 atom stereocenters. The number of piperidine rings is 1. The summed E-state index contributed by atoms with van der Waals surface area (Å²) in [6.45, 7) is 5.15. The van der Waals surface area contributed by atoms with Gasteiger partial charge in [0, 0.05) is 51.9 Å². The average Bonchev–Trinajstić information content (AvgIpc) is 2.85. The number of aliphatic hydroxyl groups is 1. The van der Waals surface area contributed by atoms with E-state index in [-0.39, 0.29) is 17.9 Å². The van der Waals surface area contributed by atoms with E-state index in [0.29, 0.717) is 38.2 Å². The van der Waals surface area contributed by atoms with E-state index in [9.17, 15) is 14.7 Å². The van der Waals surface area contributed by atoms with E-state index >= 15 is 0 Å². The molecule has 3 heterocycles. The van der Waals surface area contributed by atoms with E-state index in [0.717, 1.165) is 32.4 Å². The summed E-state index contributed by atoms with van der Waals surface area (Å²) in [5, 5.41) is 14.1. The molecule has 0 radical (unpaired) electrons. The number of carbonyl (C=O) groups is 2. The maximum atomic E-state index is 12.6. The summed E-state index contributed by atoms with van der Waals surface area (Å²) in [5.41, 5.74) is -0.303. The van der Waals surface area contributed by atoms with Gasteiger partial charge in [-0.25, -0.2) is 0 Å². The predicted octanol–water partition coefficient (Wildman–Crippen LogP) is 1.04. The molecule has 148 valence electrons. The van der Waals surface area contributed by atoms with Crippen LogP contribution in [-0.2, 0) is 4.79 Å². The van der Waals surface area contributed by atoms with Gasteiger partial charge in [-0.1, -0.05) is 6.07 Å². The van der Waals surface area contributed by atoms with Crippen LogP contribution in [-0.4, -0.2) is 76.1 Å². The van der Waals surface area contributed by atoms with Crippen molar-refractivity contribution in [2.24, 2.45) is 0 Å². The van der Waals surface area contributed by atoms with Gasteiger partial charge in [0.15, 0.2) is 0 Å². The molecule has 2 aliphatic rings. The standard InChI is InChI=1S/C20H30N4O3/c1-16(25)22-17-6-12-23(13-7-17)15-20(27)8-4-11-24(14-9-20)19(26)18-5-2-3-10-21-18/h2-3,5,10,17,27H,4,6-9,11-15H2,1H3,(H,22,25)/t20-/m0/s1. The molecule has 2 amide bonds. The van der Waals surface area contributed by atoms with Gasteiger partial charge in [0.05, 0.1) is 5.60 Å². The molecule has 27 heavy (non-hydrogen) atoms. The molecule has 0 aliphatic carbocycles. The smallest absolute Gasteiger partial charge is 0.272 e. The number of hydrogen-bond donors (Lipinski definition) is 2. The van der Waals surface area contributed by atoms with E-state index in [4.69, 9.17) is 0 Å². The monoisotopic (exact) mass is 374 g/mol. The van der Waals surface area contributed by atoms with Gasteiger partial charge in [-0.2, -0.15) is 0 Å². The van der Waals surface area contributed by atoms with Crippen LogP contribution in [0, 0.1) is 0 Å². The molecule has 1 aromatic rings. The number of rotatable bonds is 4. The molecule has 2 aliphatic heterocycles. The van der Waals surface area contributed by atoms with Crippen LogP contribution in [0.2, 0.25) is 0 Å². The lowest BCUT2D eigenvalue weighted by molar-refractivity contribution is -0.120. The number of nitrogens with zero attached hydrogens (tertiary/aromatic N) is 3. The third kappa shape index (κ3) is 5.49. The maximum absolute atomic E-state index is 12.6. The zero-order chi connectivity index (χ0) is 19.3. The molecule has 1 aromatic heterocycles. The van der Waals surface area contributed by atoms with Crippen LogP contribution in [0.5, 0.6) is 0 Å². The van der Waals surface area contributed by atoms with E-state index < -0.39 is 5.60 Å². The van der Waals surface area contributed by atoms with E-state index in [1.165, 1.54) is 0 Å². The third-order valence-electron chi connectivity index (χ3n) is 5.60. The Labute approximate surface area is 160 Å². The topological polar surface area (TPSA) is 85.8 Å². The number of β-amino-alcohol motifs (C(OH)–C–C–N with tert-alkyl or cyclic N) is 1. The first-order chi connectivity index (χ1) is 13.0. The molecule has 0 aromatic carbocycles. The van der Waals surface area contributed by atoms with Gasteiger partial charge in [-0.3, -0.25) is 14.6 Å². The zero-order valence-electron chi connectivity index (χ0n) is 16.1. The number of likely N-dealkylation sites (tertiary alicyclic amines) is 2. The van der Waals surface area contributed by atoms with Crippen LogP contribution in [0.1, 0.15) is 49.5 Å². The Hall–Kier alpha value is -1.99. The Morgan fingerprint density at radius 1 is 1.22 bits per heavy atom. The summed E-state index contributed by atoms with van der Waals surface area (Å²) >= 11 is 0. The first kappa shape index (κ1) is 19.8. The molecule has 0 unspecified atom stereocenters. The minimum absolute atomic E-state index is 0.0218. The molecule has 2 N–H and O–H groups in total. The predicted molar refractivity (Wildman–Crippen MR) is 102 cm³/mol. The minimum Gasteiger partial charge on any atom is -0.388 e. The van der Waals surface area contributed by atoms with Gasteiger partial charge >= 0.3 is 0 Å². The van der Waals surface area contributed by atoms with Gasteiger partial charge in [0.1, 0.15) is 5.69 Å². The highest BCUT2D eigenvalue weighted by Gasteiger charge is 2.34. The summed E-state index contributed by atoms with van der Waals surface area (Å²) in [4.78, 5) is 32.0. The first-order valence-electron chi connectivity index (χ1n) is 9.87. The summed E-state index contributed by atoms with van der Waals surface area (Å²) in [6, 6.07) is 5.60. The number of aromatic nitrogens is 1. The van der Waals surface area contributed by atoms with Crippen molar-refractivity contribution in [3.63, 3.8) is 0 Å². The van der Waals surface area contributed by atoms with Crippen LogP contribution in [0.3, 0.4) is 0 Å². The van der Waals surface area contributed by atoms with Crippen molar-refractivity contribution < 1.29 is 14.7 Å². The molecule has 7 heteroatoms. The normalized spacial score (nSPS) is 25.0. The number of pyridine rings is 1. The quantitative estimate of drug-likeness (QED) is 0.822. The SMILES string of the molecule is CC(=O)NC1CCN(C[C@]2(O)CCCN(C(=O)c3ccccn3)CC2)CC1. The van der Waals surface area contributed by atoms with Crippen molar-refractivity contribution in [1.82, 2.24) is 20.1 Å². The second-order valence-corrected chi connectivity index (χ2v) is 7.84. The summed E-state index contributed by atoms with van der Waals surface area (Å²) < 4.78 is 0. The van der Waals surface area contributed by atoms with Crippen molar-refractivity contribution in [2.75, 3.05) is 32.7 Å². The second-order valence-electron chi connectivity index (χ2n) is 7.84. The van der Waals surface area contributed by atoms with Gasteiger partial charge in [0.25, 0.3) is 5.91 Å². The average molecular weight is 374 g/mol. The molecule has 2 fully saturated rings. The highest BCUT2D eigenvalue weighted by Crippen LogP contribution is 2.25. The Morgan fingerprint density at radius 2 is 2.00 bits per heavy atom. The van der Waals surface area contributed by atoms with E-state index in [2.05, 4.69) is 15.2 Å². The van der Waals surface area contributed by atoms with Crippen LogP contribution in [0.4, 0.5) is 0 Å². The van der Waals surface area contributed by atoms with E-state index in [1.54, 1.807) is 25.3 Å². The second kappa shape index (κ2) is 8.80. The van der Waals surface area contributed by atoms with Gasteiger partial charge in [0.2, 0.25) is 5.91 Å². The van der Waals surface area contributed by atoms with Crippen LogP contribution < -0.4 is 5.32 Å². The van der Waals surface area contributed by atoms with Crippen molar-refractivity contribution in [2.45, 2.75) is 50.7 Å². The van der Waals surface area contributed by atoms with Crippen LogP contribution in [0.15, 0.2) is 24.4 Å². The fraction of sp³-hybridized carbons (Fsp3) is 0.650. The zero-order valence-corrected chi connectivity index (χ0v) is 16.1. The Balaban J connectivity index is 1.51. The Kier molecular flexibility index (Phi) is 6.44. The largest absolute Gasteiger partial charge is 0.388 e. The van der Waals surface area contributed by atoms with Gasteiger partial charge in [-0.15, -0.1) is 0 Å². The van der Waals surface area contributed by atoms with Crippen LogP contribution >= 0.6 is 0 Å². The van der Waals surface area contributed by atoms with Gasteiger partial charge < -0.3 is 20.2 Å². The Bertz CT molecular complexity index is 646. The fourth-order valence-corrected chi connectivity index (χ4v) is 4.13. The van der Waals surface area contributed by atoms with Crippen LogP contribution in [0.25, 0.3) is 0 Å². The molecule has 3 rings (SSSR count). The first-order valence-corrected chi connectivity index (χ1v) is 9.87. The third-order valence-corrected chi connectivity index (χ3v) is 5.60. The minimum atomic E-state index is -0.764. The Morgan fingerprint density at radius 3 is 2.67 bits per heavy atom. The maximum Gasteiger partial charge on any atom is 0.272 e. The number of hydrogen-bond acceptors (Lipinski definition) is 5. The molecule has 0 spiro atoms. The lowest BCUT2D eigenvalue weighted by Gasteiger charge is -2.38. The molecule has 7 nitrogen and oxygen atoms in total. The summed E-state index contributed by atoms with van der Waals surface area (Å²) in [6.07, 6.45) is 5.53. The molecule has 0 saturated carbocycles. The van der Waals surface area contributed by atoms with Crippen molar-refractivity contribution >= 4 is 11.8 Å².